The van der Waals surface area contributed by atoms with Gasteiger partial charge < -0.3 is 15.3 Å². The van der Waals surface area contributed by atoms with Gasteiger partial charge in [-0.25, -0.2) is 0 Å². The number of likely N-dealkylation sites (tertiary alicyclic amines) is 1. The van der Waals surface area contributed by atoms with Crippen molar-refractivity contribution in [1.82, 2.24) is 24.7 Å². The van der Waals surface area contributed by atoms with Crippen LogP contribution in [-0.2, 0) is 6.18 Å². The van der Waals surface area contributed by atoms with Gasteiger partial charge >= 0.3 is 6.18 Å². The zero-order valence-corrected chi connectivity index (χ0v) is 17.0. The van der Waals surface area contributed by atoms with E-state index in [1.807, 2.05) is 6.07 Å². The summed E-state index contributed by atoms with van der Waals surface area (Å²) in [6.07, 6.45) is -0.336. The quantitative estimate of drug-likeness (QED) is 0.651. The number of fused-ring (bicyclic) bond motifs is 1. The Labute approximate surface area is 176 Å². The number of benzene rings is 1. The van der Waals surface area contributed by atoms with Gasteiger partial charge in [0, 0.05) is 24.1 Å². The van der Waals surface area contributed by atoms with Crippen LogP contribution < -0.4 is 5.32 Å². The zero-order valence-electron chi connectivity index (χ0n) is 17.0. The number of nitrogens with one attached hydrogen (secondary N) is 1. The van der Waals surface area contributed by atoms with Gasteiger partial charge in [-0.2, -0.15) is 22.8 Å². The van der Waals surface area contributed by atoms with Crippen LogP contribution in [0.1, 0.15) is 42.9 Å². The maximum Gasteiger partial charge on any atom is 0.416 e. The molecule has 1 atom stereocenters. The number of aromatic hydroxyl groups is 1. The lowest BCUT2D eigenvalue weighted by molar-refractivity contribution is -0.137. The maximum atomic E-state index is 13.0. The largest absolute Gasteiger partial charge is 0.507 e. The topological polar surface area (TPSA) is 78.6 Å². The normalized spacial score (nSPS) is 20.3. The molecule has 2 fully saturated rings. The maximum absolute atomic E-state index is 13.0. The predicted molar refractivity (Wildman–Crippen MR) is 109 cm³/mol. The molecular weight excluding hydrogens is 409 g/mol. The average Bonchev–Trinajstić information content (AvgIpc) is 3.46. The van der Waals surface area contributed by atoms with Crippen LogP contribution >= 0.6 is 0 Å². The average molecular weight is 432 g/mol. The number of phenolic OH excluding ortho intramolecular Hbond substituents is 1. The number of phenols is 1. The van der Waals surface area contributed by atoms with Crippen molar-refractivity contribution in [2.75, 3.05) is 25.5 Å². The highest BCUT2D eigenvalue weighted by Gasteiger charge is 2.32. The van der Waals surface area contributed by atoms with Gasteiger partial charge in [-0.1, -0.05) is 0 Å². The second kappa shape index (κ2) is 7.37. The molecule has 0 unspecified atom stereocenters. The predicted octanol–water partition coefficient (Wildman–Crippen LogP) is 3.90. The fourth-order valence-electron chi connectivity index (χ4n) is 4.16. The highest BCUT2D eigenvalue weighted by molar-refractivity contribution is 5.81. The molecule has 0 radical (unpaired) electrons. The SMILES string of the molecule is CN1CCC[C@@H](Nc2nnc(-c3ccc(C(F)(F)F)cc3O)c3cc(C4CC4)nn23)C1. The van der Waals surface area contributed by atoms with Gasteiger partial charge in [-0.3, -0.25) is 0 Å². The van der Waals surface area contributed by atoms with Gasteiger partial charge in [0.15, 0.2) is 0 Å². The minimum atomic E-state index is -4.53. The summed E-state index contributed by atoms with van der Waals surface area (Å²) in [6, 6.07) is 4.99. The smallest absolute Gasteiger partial charge is 0.416 e. The summed E-state index contributed by atoms with van der Waals surface area (Å²) in [5, 5.41) is 27.0. The van der Waals surface area contributed by atoms with Crippen LogP contribution in [0.2, 0.25) is 0 Å². The van der Waals surface area contributed by atoms with Crippen LogP contribution in [0.25, 0.3) is 16.8 Å². The van der Waals surface area contributed by atoms with Crippen molar-refractivity contribution in [2.45, 2.75) is 43.8 Å². The molecule has 7 nitrogen and oxygen atoms in total. The van der Waals surface area contributed by atoms with E-state index in [1.54, 1.807) is 4.52 Å². The standard InChI is InChI=1S/C21H23F3N6O/c1-29-8-2-3-14(11-29)25-20-27-26-19(17-10-16(12-4-5-12)28-30(17)20)15-7-6-13(9-18(15)31)21(22,23)24/h6-7,9-10,12,14,31H,2-5,8,11H2,1H3,(H,25,27)/t14-/m1/s1. The second-order valence-corrected chi connectivity index (χ2v) is 8.49. The number of alkyl halides is 3. The number of piperidine rings is 1. The Morgan fingerprint density at radius 1 is 1.13 bits per heavy atom. The number of aromatic nitrogens is 4. The molecule has 2 aliphatic rings. The van der Waals surface area contributed by atoms with Gasteiger partial charge in [-0.15, -0.1) is 10.2 Å². The molecule has 0 amide bonds. The molecule has 0 spiro atoms. The Hall–Kier alpha value is -2.88. The minimum Gasteiger partial charge on any atom is -0.507 e. The molecule has 1 aromatic carbocycles. The highest BCUT2D eigenvalue weighted by atomic mass is 19.4. The molecule has 1 aliphatic carbocycles. The van der Waals surface area contributed by atoms with Crippen molar-refractivity contribution in [3.05, 3.63) is 35.5 Å². The van der Waals surface area contributed by atoms with E-state index in [0.29, 0.717) is 23.1 Å². The van der Waals surface area contributed by atoms with Crippen LogP contribution in [0.4, 0.5) is 19.1 Å². The van der Waals surface area contributed by atoms with Crippen molar-refractivity contribution in [2.24, 2.45) is 0 Å². The van der Waals surface area contributed by atoms with Crippen LogP contribution in [-0.4, -0.2) is 56.0 Å². The van der Waals surface area contributed by atoms with Crippen LogP contribution in [0.5, 0.6) is 5.75 Å². The first-order valence-electron chi connectivity index (χ1n) is 10.4. The third-order valence-corrected chi connectivity index (χ3v) is 5.95. The first-order valence-corrected chi connectivity index (χ1v) is 10.4. The Morgan fingerprint density at radius 3 is 2.61 bits per heavy atom. The molecule has 10 heteroatoms. The van der Waals surface area contributed by atoms with Gasteiger partial charge in [-0.05, 0) is 63.5 Å². The van der Waals surface area contributed by atoms with Crippen molar-refractivity contribution in [1.29, 1.82) is 0 Å². The van der Waals surface area contributed by atoms with E-state index >= 15 is 0 Å². The van der Waals surface area contributed by atoms with Crippen molar-refractivity contribution in [3.63, 3.8) is 0 Å². The van der Waals surface area contributed by atoms with E-state index < -0.39 is 17.5 Å². The molecule has 5 rings (SSSR count). The summed E-state index contributed by atoms with van der Waals surface area (Å²) in [7, 11) is 2.07. The summed E-state index contributed by atoms with van der Waals surface area (Å²) in [5.74, 6) is 0.384. The fraction of sp³-hybridized carbons (Fsp3) is 0.476. The van der Waals surface area contributed by atoms with Gasteiger partial charge in [0.1, 0.15) is 11.4 Å². The van der Waals surface area contributed by atoms with Crippen molar-refractivity contribution in [3.8, 4) is 17.0 Å². The van der Waals surface area contributed by atoms with Crippen LogP contribution in [0.15, 0.2) is 24.3 Å². The molecule has 1 saturated heterocycles. The van der Waals surface area contributed by atoms with Crippen molar-refractivity contribution >= 4 is 11.5 Å². The number of likely N-dealkylation sites (N-methyl/N-ethyl adjacent to an activating group) is 1. The highest BCUT2D eigenvalue weighted by Crippen LogP contribution is 2.42. The molecule has 1 aliphatic heterocycles. The summed E-state index contributed by atoms with van der Waals surface area (Å²) in [4.78, 5) is 2.25. The molecule has 1 saturated carbocycles. The molecular formula is C21H23F3N6O. The molecule has 31 heavy (non-hydrogen) atoms. The molecule has 3 heterocycles. The number of hydrogen-bond acceptors (Lipinski definition) is 6. The fourth-order valence-corrected chi connectivity index (χ4v) is 4.16. The molecule has 3 aromatic rings. The third-order valence-electron chi connectivity index (χ3n) is 5.95. The van der Waals surface area contributed by atoms with Gasteiger partial charge in [0.05, 0.1) is 16.8 Å². The van der Waals surface area contributed by atoms with Gasteiger partial charge in [0.25, 0.3) is 0 Å². The summed E-state index contributed by atoms with van der Waals surface area (Å²) >= 11 is 0. The zero-order chi connectivity index (χ0) is 21.8. The first kappa shape index (κ1) is 20.0. The number of nitrogens with zero attached hydrogens (tertiary/aromatic N) is 5. The minimum absolute atomic E-state index is 0.191. The number of hydrogen-bond donors (Lipinski definition) is 2. The summed E-state index contributed by atoms with van der Waals surface area (Å²) < 4.78 is 40.6. The molecule has 2 aromatic heterocycles. The number of anilines is 1. The van der Waals surface area contributed by atoms with E-state index in [9.17, 15) is 18.3 Å². The lowest BCUT2D eigenvalue weighted by Crippen LogP contribution is -2.40. The van der Waals surface area contributed by atoms with Crippen LogP contribution in [0, 0.1) is 0 Å². The Balaban J connectivity index is 1.57. The molecule has 164 valence electrons. The third kappa shape index (κ3) is 3.91. The number of halogens is 3. The van der Waals surface area contributed by atoms with Crippen LogP contribution in [0.3, 0.4) is 0 Å². The lowest BCUT2D eigenvalue weighted by atomic mass is 10.1. The van der Waals surface area contributed by atoms with E-state index in [2.05, 4.69) is 27.5 Å². The van der Waals surface area contributed by atoms with E-state index in [-0.39, 0.29) is 11.6 Å². The first-order chi connectivity index (χ1) is 14.8. The lowest BCUT2D eigenvalue weighted by Gasteiger charge is -2.30. The number of rotatable bonds is 4. The second-order valence-electron chi connectivity index (χ2n) is 8.49. The molecule has 0 bridgehead atoms. The monoisotopic (exact) mass is 432 g/mol. The summed E-state index contributed by atoms with van der Waals surface area (Å²) in [6.45, 7) is 1.93. The Morgan fingerprint density at radius 2 is 1.94 bits per heavy atom. The van der Waals surface area contributed by atoms with Gasteiger partial charge in [0.2, 0.25) is 5.95 Å². The van der Waals surface area contributed by atoms with E-state index in [1.165, 1.54) is 6.07 Å². The van der Waals surface area contributed by atoms with Crippen molar-refractivity contribution < 1.29 is 18.3 Å². The van der Waals surface area contributed by atoms with E-state index in [4.69, 9.17) is 5.10 Å². The molecule has 2 N–H and O–H groups in total. The Kier molecular flexibility index (Phi) is 4.76. The Bertz CT molecular complexity index is 1120. The van der Waals surface area contributed by atoms with E-state index in [0.717, 1.165) is 56.6 Å². The summed E-state index contributed by atoms with van der Waals surface area (Å²) in [5.41, 5.74) is 1.10.